The standard InChI is InChI=1S/C18H21N3O3S.ClH/c19-16-7-5-14(6-8-16)9-10-20-18(22)15-3-1-4-17(13-15)21-11-2-12-25(21,23)24;/h1,3-8,13H,2,9-12,19H2,(H,20,22);1H. The third-order valence-electron chi connectivity index (χ3n) is 4.17. The van der Waals surface area contributed by atoms with Crippen molar-refractivity contribution in [3.05, 3.63) is 59.7 Å². The molecule has 1 aliphatic rings. The zero-order chi connectivity index (χ0) is 17.9. The van der Waals surface area contributed by atoms with Crippen molar-refractivity contribution < 1.29 is 13.2 Å². The first-order valence-electron chi connectivity index (χ1n) is 8.19. The summed E-state index contributed by atoms with van der Waals surface area (Å²) >= 11 is 0. The molecule has 3 rings (SSSR count). The lowest BCUT2D eigenvalue weighted by Crippen LogP contribution is -2.27. The molecule has 8 heteroatoms. The molecule has 6 nitrogen and oxygen atoms in total. The van der Waals surface area contributed by atoms with E-state index in [-0.39, 0.29) is 24.1 Å². The Morgan fingerprint density at radius 1 is 1.15 bits per heavy atom. The second kappa shape index (κ2) is 8.42. The lowest BCUT2D eigenvalue weighted by Gasteiger charge is -2.17. The molecule has 1 saturated heterocycles. The zero-order valence-corrected chi connectivity index (χ0v) is 15.9. The van der Waals surface area contributed by atoms with Crippen LogP contribution < -0.4 is 15.4 Å². The Balaban J connectivity index is 0.00000243. The normalized spacial score (nSPS) is 15.3. The Morgan fingerprint density at radius 2 is 1.88 bits per heavy atom. The van der Waals surface area contributed by atoms with Crippen LogP contribution in [0.5, 0.6) is 0 Å². The highest BCUT2D eigenvalue weighted by Crippen LogP contribution is 2.24. The number of halogens is 1. The number of sulfonamides is 1. The molecule has 0 aliphatic carbocycles. The van der Waals surface area contributed by atoms with Gasteiger partial charge in [-0.05, 0) is 48.7 Å². The SMILES string of the molecule is Cl.Nc1ccc(CCNC(=O)c2cccc(N3CCCS3(=O)=O)c2)cc1. The zero-order valence-electron chi connectivity index (χ0n) is 14.2. The predicted molar refractivity (Wildman–Crippen MR) is 106 cm³/mol. The summed E-state index contributed by atoms with van der Waals surface area (Å²) in [6.07, 6.45) is 1.31. The highest BCUT2D eigenvalue weighted by atomic mass is 35.5. The molecule has 140 valence electrons. The van der Waals surface area contributed by atoms with Gasteiger partial charge in [0.15, 0.2) is 0 Å². The van der Waals surface area contributed by atoms with E-state index in [0.717, 1.165) is 5.56 Å². The summed E-state index contributed by atoms with van der Waals surface area (Å²) < 4.78 is 25.4. The van der Waals surface area contributed by atoms with Gasteiger partial charge in [-0.15, -0.1) is 12.4 Å². The van der Waals surface area contributed by atoms with Crippen molar-refractivity contribution in [2.45, 2.75) is 12.8 Å². The number of amides is 1. The first-order chi connectivity index (χ1) is 12.0. The Bertz CT molecular complexity index is 870. The molecule has 3 N–H and O–H groups in total. The van der Waals surface area contributed by atoms with Gasteiger partial charge in [0.2, 0.25) is 10.0 Å². The predicted octanol–water partition coefficient (Wildman–Crippen LogP) is 2.20. The van der Waals surface area contributed by atoms with Crippen LogP contribution in [0.4, 0.5) is 11.4 Å². The maximum atomic E-state index is 12.3. The van der Waals surface area contributed by atoms with Gasteiger partial charge in [-0.25, -0.2) is 8.42 Å². The lowest BCUT2D eigenvalue weighted by atomic mass is 10.1. The van der Waals surface area contributed by atoms with Crippen molar-refractivity contribution in [1.29, 1.82) is 0 Å². The number of anilines is 2. The van der Waals surface area contributed by atoms with Crippen LogP contribution >= 0.6 is 12.4 Å². The molecular formula is C18H22ClN3O3S. The van der Waals surface area contributed by atoms with Crippen LogP contribution in [-0.4, -0.2) is 33.2 Å². The molecule has 0 bridgehead atoms. The molecule has 1 fully saturated rings. The van der Waals surface area contributed by atoms with Gasteiger partial charge in [-0.3, -0.25) is 9.10 Å². The molecule has 26 heavy (non-hydrogen) atoms. The average molecular weight is 396 g/mol. The van der Waals surface area contributed by atoms with E-state index in [1.807, 2.05) is 24.3 Å². The minimum atomic E-state index is -3.25. The molecule has 0 unspecified atom stereocenters. The summed E-state index contributed by atoms with van der Waals surface area (Å²) in [6.45, 7) is 0.958. The van der Waals surface area contributed by atoms with Gasteiger partial charge in [0.25, 0.3) is 5.91 Å². The third kappa shape index (κ3) is 4.68. The van der Waals surface area contributed by atoms with Gasteiger partial charge < -0.3 is 11.1 Å². The van der Waals surface area contributed by atoms with E-state index in [9.17, 15) is 13.2 Å². The van der Waals surface area contributed by atoms with Gasteiger partial charge in [-0.2, -0.15) is 0 Å². The second-order valence-corrected chi connectivity index (χ2v) is 8.05. The van der Waals surface area contributed by atoms with Crippen molar-refractivity contribution >= 4 is 39.7 Å². The van der Waals surface area contributed by atoms with Crippen LogP contribution in [0.25, 0.3) is 0 Å². The van der Waals surface area contributed by atoms with Crippen molar-refractivity contribution in [2.75, 3.05) is 28.9 Å². The van der Waals surface area contributed by atoms with E-state index in [4.69, 9.17) is 5.73 Å². The molecule has 0 atom stereocenters. The highest BCUT2D eigenvalue weighted by molar-refractivity contribution is 7.93. The van der Waals surface area contributed by atoms with Crippen LogP contribution in [0.3, 0.4) is 0 Å². The number of benzene rings is 2. The fourth-order valence-electron chi connectivity index (χ4n) is 2.84. The number of nitrogens with one attached hydrogen (secondary N) is 1. The van der Waals surface area contributed by atoms with Crippen LogP contribution in [-0.2, 0) is 16.4 Å². The molecule has 2 aromatic rings. The number of nitrogens with two attached hydrogens (primary N) is 1. The Labute approximate surface area is 159 Å². The van der Waals surface area contributed by atoms with Crippen molar-refractivity contribution in [3.63, 3.8) is 0 Å². The van der Waals surface area contributed by atoms with Gasteiger partial charge in [0.1, 0.15) is 0 Å². The quantitative estimate of drug-likeness (QED) is 0.759. The molecule has 0 radical (unpaired) electrons. The fraction of sp³-hybridized carbons (Fsp3) is 0.278. The molecule has 1 amide bonds. The van der Waals surface area contributed by atoms with Crippen LogP contribution in [0.2, 0.25) is 0 Å². The van der Waals surface area contributed by atoms with E-state index in [2.05, 4.69) is 5.32 Å². The van der Waals surface area contributed by atoms with E-state index in [1.165, 1.54) is 4.31 Å². The number of hydrogen-bond donors (Lipinski definition) is 2. The summed E-state index contributed by atoms with van der Waals surface area (Å²) in [5.41, 5.74) is 8.45. The number of carbonyl (C=O) groups excluding carboxylic acids is 1. The molecule has 0 aromatic heterocycles. The van der Waals surface area contributed by atoms with E-state index in [0.29, 0.717) is 42.9 Å². The number of nitrogens with zero attached hydrogens (tertiary/aromatic N) is 1. The highest BCUT2D eigenvalue weighted by Gasteiger charge is 2.28. The average Bonchev–Trinajstić information content (AvgIpc) is 2.96. The number of carbonyl (C=O) groups is 1. The molecule has 1 heterocycles. The monoisotopic (exact) mass is 395 g/mol. The summed E-state index contributed by atoms with van der Waals surface area (Å²) in [6, 6.07) is 14.3. The van der Waals surface area contributed by atoms with Crippen molar-refractivity contribution in [1.82, 2.24) is 5.32 Å². The summed E-state index contributed by atoms with van der Waals surface area (Å²) in [5, 5.41) is 2.86. The van der Waals surface area contributed by atoms with Gasteiger partial charge in [-0.1, -0.05) is 18.2 Å². The maximum absolute atomic E-state index is 12.3. The van der Waals surface area contributed by atoms with Gasteiger partial charge >= 0.3 is 0 Å². The Morgan fingerprint density at radius 3 is 2.54 bits per heavy atom. The van der Waals surface area contributed by atoms with E-state index >= 15 is 0 Å². The number of hydrogen-bond acceptors (Lipinski definition) is 4. The van der Waals surface area contributed by atoms with Gasteiger partial charge in [0.05, 0.1) is 11.4 Å². The largest absolute Gasteiger partial charge is 0.399 e. The van der Waals surface area contributed by atoms with Crippen molar-refractivity contribution in [2.24, 2.45) is 0 Å². The molecule has 0 saturated carbocycles. The minimum absolute atomic E-state index is 0. The van der Waals surface area contributed by atoms with Crippen LogP contribution in [0.1, 0.15) is 22.3 Å². The molecule has 0 spiro atoms. The summed E-state index contributed by atoms with van der Waals surface area (Å²) in [7, 11) is -3.25. The Kier molecular flexibility index (Phi) is 6.50. The Hall–Kier alpha value is -2.25. The molecule has 2 aromatic carbocycles. The van der Waals surface area contributed by atoms with E-state index in [1.54, 1.807) is 24.3 Å². The van der Waals surface area contributed by atoms with Crippen molar-refractivity contribution in [3.8, 4) is 0 Å². The smallest absolute Gasteiger partial charge is 0.251 e. The lowest BCUT2D eigenvalue weighted by molar-refractivity contribution is 0.0954. The summed E-state index contributed by atoms with van der Waals surface area (Å²) in [5.74, 6) is -0.0562. The topological polar surface area (TPSA) is 92.5 Å². The third-order valence-corrected chi connectivity index (χ3v) is 6.04. The first-order valence-corrected chi connectivity index (χ1v) is 9.80. The van der Waals surface area contributed by atoms with E-state index < -0.39 is 10.0 Å². The van der Waals surface area contributed by atoms with Crippen LogP contribution in [0.15, 0.2) is 48.5 Å². The fourth-order valence-corrected chi connectivity index (χ4v) is 4.39. The number of rotatable bonds is 5. The maximum Gasteiger partial charge on any atom is 0.251 e. The van der Waals surface area contributed by atoms with Crippen LogP contribution in [0, 0.1) is 0 Å². The van der Waals surface area contributed by atoms with Gasteiger partial charge in [0, 0.05) is 24.3 Å². The molecular weight excluding hydrogens is 374 g/mol. The molecule has 1 aliphatic heterocycles. The first kappa shape index (κ1) is 20.1. The minimum Gasteiger partial charge on any atom is -0.399 e. The number of nitrogen functional groups attached to an aromatic ring is 1. The second-order valence-electron chi connectivity index (χ2n) is 6.04. The summed E-state index contributed by atoms with van der Waals surface area (Å²) in [4.78, 5) is 12.3.